The van der Waals surface area contributed by atoms with E-state index in [0.717, 1.165) is 24.5 Å². The number of nitrogens with zero attached hydrogens (tertiary/aromatic N) is 2. The molecule has 1 N–H and O–H groups in total. The molecular formula is C16H19N3O. The molecule has 0 saturated heterocycles. The van der Waals surface area contributed by atoms with Gasteiger partial charge in [-0.2, -0.15) is 0 Å². The summed E-state index contributed by atoms with van der Waals surface area (Å²) in [6.45, 7) is 5.64. The molecule has 0 saturated carbocycles. The zero-order chi connectivity index (χ0) is 14.1. The van der Waals surface area contributed by atoms with Crippen LogP contribution in [-0.4, -0.2) is 16.8 Å². The van der Waals surface area contributed by atoms with Gasteiger partial charge in [0.1, 0.15) is 5.76 Å². The van der Waals surface area contributed by atoms with Gasteiger partial charge in [-0.3, -0.25) is 0 Å². The topological polar surface area (TPSA) is 43.0 Å². The van der Waals surface area contributed by atoms with Gasteiger partial charge in [0, 0.05) is 23.8 Å². The van der Waals surface area contributed by atoms with Crippen LogP contribution < -0.4 is 5.32 Å². The Labute approximate surface area is 118 Å². The van der Waals surface area contributed by atoms with Crippen molar-refractivity contribution in [1.29, 1.82) is 0 Å². The van der Waals surface area contributed by atoms with Crippen LogP contribution in [-0.2, 0) is 13.1 Å². The monoisotopic (exact) mass is 269 g/mol. The van der Waals surface area contributed by atoms with Crippen LogP contribution >= 0.6 is 0 Å². The summed E-state index contributed by atoms with van der Waals surface area (Å²) in [5, 5.41) is 8.48. The van der Waals surface area contributed by atoms with E-state index in [1.807, 2.05) is 20.9 Å². The van der Waals surface area contributed by atoms with Crippen molar-refractivity contribution in [3.8, 4) is 0 Å². The largest absolute Gasteiger partial charge is 0.361 e. The molecule has 0 fully saturated rings. The minimum absolute atomic E-state index is 0.799. The zero-order valence-corrected chi connectivity index (χ0v) is 12.1. The minimum atomic E-state index is 0.799. The van der Waals surface area contributed by atoms with Gasteiger partial charge in [-0.05, 0) is 44.0 Å². The van der Waals surface area contributed by atoms with Crippen molar-refractivity contribution in [2.75, 3.05) is 7.05 Å². The van der Waals surface area contributed by atoms with Crippen molar-refractivity contribution in [2.45, 2.75) is 26.9 Å². The summed E-state index contributed by atoms with van der Waals surface area (Å²) in [6.07, 6.45) is 2.12. The van der Waals surface area contributed by atoms with Gasteiger partial charge < -0.3 is 14.4 Å². The Morgan fingerprint density at radius 2 is 2.10 bits per heavy atom. The van der Waals surface area contributed by atoms with Crippen LogP contribution in [0.2, 0.25) is 0 Å². The molecule has 0 aliphatic heterocycles. The van der Waals surface area contributed by atoms with Crippen molar-refractivity contribution in [2.24, 2.45) is 0 Å². The second kappa shape index (κ2) is 5.13. The van der Waals surface area contributed by atoms with E-state index in [1.54, 1.807) is 0 Å². The fourth-order valence-corrected chi connectivity index (χ4v) is 2.58. The predicted octanol–water partition coefficient (Wildman–Crippen LogP) is 3.01. The van der Waals surface area contributed by atoms with Crippen molar-refractivity contribution in [1.82, 2.24) is 15.0 Å². The zero-order valence-electron chi connectivity index (χ0n) is 12.1. The van der Waals surface area contributed by atoms with Crippen LogP contribution in [0.4, 0.5) is 0 Å². The molecule has 3 aromatic rings. The predicted molar refractivity (Wildman–Crippen MR) is 79.8 cm³/mol. The van der Waals surface area contributed by atoms with Gasteiger partial charge >= 0.3 is 0 Å². The summed E-state index contributed by atoms with van der Waals surface area (Å²) in [6, 6.07) is 8.73. The summed E-state index contributed by atoms with van der Waals surface area (Å²) in [5.41, 5.74) is 4.67. The molecule has 0 bridgehead atoms. The van der Waals surface area contributed by atoms with Crippen molar-refractivity contribution in [3.63, 3.8) is 0 Å². The van der Waals surface area contributed by atoms with E-state index in [1.165, 1.54) is 22.0 Å². The molecule has 4 heteroatoms. The lowest BCUT2D eigenvalue weighted by atomic mass is 10.1. The minimum Gasteiger partial charge on any atom is -0.361 e. The van der Waals surface area contributed by atoms with Gasteiger partial charge in [0.2, 0.25) is 0 Å². The molecule has 104 valence electrons. The first-order valence-corrected chi connectivity index (χ1v) is 6.83. The average molecular weight is 269 g/mol. The number of hydrogen-bond acceptors (Lipinski definition) is 3. The number of nitrogens with one attached hydrogen (secondary N) is 1. The maximum Gasteiger partial charge on any atom is 0.138 e. The molecule has 20 heavy (non-hydrogen) atoms. The second-order valence-electron chi connectivity index (χ2n) is 5.17. The molecule has 0 aliphatic carbocycles. The van der Waals surface area contributed by atoms with E-state index in [-0.39, 0.29) is 0 Å². The first kappa shape index (κ1) is 12.9. The maximum atomic E-state index is 5.25. The molecule has 0 atom stereocenters. The summed E-state index contributed by atoms with van der Waals surface area (Å²) in [7, 11) is 1.97. The van der Waals surface area contributed by atoms with E-state index in [0.29, 0.717) is 0 Å². The lowest BCUT2D eigenvalue weighted by molar-refractivity contribution is 0.392. The van der Waals surface area contributed by atoms with Gasteiger partial charge in [-0.25, -0.2) is 0 Å². The van der Waals surface area contributed by atoms with Gasteiger partial charge in [-0.15, -0.1) is 0 Å². The third-order valence-electron chi connectivity index (χ3n) is 3.73. The average Bonchev–Trinajstić information content (AvgIpc) is 2.98. The molecule has 0 amide bonds. The molecule has 3 rings (SSSR count). The smallest absolute Gasteiger partial charge is 0.138 e. The van der Waals surface area contributed by atoms with Gasteiger partial charge in [0.15, 0.2) is 0 Å². The van der Waals surface area contributed by atoms with Crippen LogP contribution in [0.5, 0.6) is 0 Å². The lowest BCUT2D eigenvalue weighted by Crippen LogP contribution is -2.05. The summed E-state index contributed by atoms with van der Waals surface area (Å²) in [5.74, 6) is 0.899. The van der Waals surface area contributed by atoms with Crippen LogP contribution in [0.15, 0.2) is 35.0 Å². The summed E-state index contributed by atoms with van der Waals surface area (Å²) in [4.78, 5) is 0. The number of aromatic nitrogens is 2. The Kier molecular flexibility index (Phi) is 3.32. The van der Waals surface area contributed by atoms with Gasteiger partial charge in [0.25, 0.3) is 0 Å². The Morgan fingerprint density at radius 3 is 2.80 bits per heavy atom. The normalized spacial score (nSPS) is 11.3. The van der Waals surface area contributed by atoms with Gasteiger partial charge in [-0.1, -0.05) is 17.3 Å². The van der Waals surface area contributed by atoms with Crippen molar-refractivity contribution in [3.05, 3.63) is 53.0 Å². The Balaban J connectivity index is 2.01. The summed E-state index contributed by atoms with van der Waals surface area (Å²) >= 11 is 0. The lowest BCUT2D eigenvalue weighted by Gasteiger charge is -2.07. The molecule has 0 radical (unpaired) electrons. The van der Waals surface area contributed by atoms with Crippen LogP contribution in [0.25, 0.3) is 10.9 Å². The molecule has 1 aromatic carbocycles. The highest BCUT2D eigenvalue weighted by Gasteiger charge is 2.11. The molecule has 0 unspecified atom stereocenters. The fourth-order valence-electron chi connectivity index (χ4n) is 2.58. The van der Waals surface area contributed by atoms with E-state index in [4.69, 9.17) is 4.52 Å². The number of fused-ring (bicyclic) bond motifs is 1. The number of hydrogen-bond donors (Lipinski definition) is 1. The highest BCUT2D eigenvalue weighted by molar-refractivity contribution is 5.81. The molecule has 4 nitrogen and oxygen atoms in total. The Hall–Kier alpha value is -2.07. The molecular weight excluding hydrogens is 250 g/mol. The quantitative estimate of drug-likeness (QED) is 0.791. The molecule has 0 aliphatic rings. The van der Waals surface area contributed by atoms with E-state index < -0.39 is 0 Å². The molecule has 0 spiro atoms. The number of benzene rings is 1. The van der Waals surface area contributed by atoms with Crippen LogP contribution in [0.1, 0.15) is 22.6 Å². The highest BCUT2D eigenvalue weighted by Crippen LogP contribution is 2.21. The van der Waals surface area contributed by atoms with Crippen molar-refractivity contribution >= 4 is 10.9 Å². The van der Waals surface area contributed by atoms with Gasteiger partial charge in [0.05, 0.1) is 12.2 Å². The van der Waals surface area contributed by atoms with E-state index >= 15 is 0 Å². The second-order valence-corrected chi connectivity index (χ2v) is 5.17. The fraction of sp³-hybridized carbons (Fsp3) is 0.312. The SMILES string of the molecule is CNCc1ccc2ccn(Cc3c(C)noc3C)c2c1. The molecule has 2 aromatic heterocycles. The number of rotatable bonds is 4. The van der Waals surface area contributed by atoms with Crippen LogP contribution in [0.3, 0.4) is 0 Å². The number of aryl methyl sites for hydroxylation is 2. The van der Waals surface area contributed by atoms with Crippen molar-refractivity contribution < 1.29 is 4.52 Å². The molecule has 2 heterocycles. The highest BCUT2D eigenvalue weighted by atomic mass is 16.5. The third kappa shape index (κ3) is 2.23. The van der Waals surface area contributed by atoms with Crippen LogP contribution in [0, 0.1) is 13.8 Å². The van der Waals surface area contributed by atoms with E-state index in [9.17, 15) is 0 Å². The Bertz CT molecular complexity index is 720. The maximum absolute atomic E-state index is 5.25. The Morgan fingerprint density at radius 1 is 1.25 bits per heavy atom. The first-order valence-electron chi connectivity index (χ1n) is 6.83. The van der Waals surface area contributed by atoms with E-state index in [2.05, 4.69) is 45.5 Å². The standard InChI is InChI=1S/C16H19N3O/c1-11-15(12(2)20-18-11)10-19-7-6-14-5-4-13(9-17-3)8-16(14)19/h4-8,17H,9-10H2,1-3H3. The third-order valence-corrected chi connectivity index (χ3v) is 3.73. The summed E-state index contributed by atoms with van der Waals surface area (Å²) < 4.78 is 7.50. The first-order chi connectivity index (χ1) is 9.69.